The fraction of sp³-hybridized carbons (Fsp3) is 0.400. The molecule has 1 aromatic heterocycles. The third-order valence-electron chi connectivity index (χ3n) is 2.83. The minimum Gasteiger partial charge on any atom is -0.492 e. The third-order valence-corrected chi connectivity index (χ3v) is 3.33. The van der Waals surface area contributed by atoms with Crippen LogP contribution in [0.25, 0.3) is 0 Å². The number of benzene rings is 1. The van der Waals surface area contributed by atoms with Gasteiger partial charge in [0, 0.05) is 17.2 Å². The summed E-state index contributed by atoms with van der Waals surface area (Å²) in [6, 6.07) is 7.87. The Balaban J connectivity index is 1.74. The molecule has 0 saturated heterocycles. The smallest absolute Gasteiger partial charge is 0.120 e. The second-order valence-corrected chi connectivity index (χ2v) is 5.50. The summed E-state index contributed by atoms with van der Waals surface area (Å²) >= 11 is 3.43. The summed E-state index contributed by atoms with van der Waals surface area (Å²) < 4.78 is 8.79. The molecule has 2 aromatic rings. The maximum atomic E-state index is 5.70. The van der Waals surface area contributed by atoms with Gasteiger partial charge < -0.3 is 14.6 Å². The van der Waals surface area contributed by atoms with Crippen molar-refractivity contribution in [1.29, 1.82) is 0 Å². The Labute approximate surface area is 128 Å². The molecule has 0 unspecified atom stereocenters. The van der Waals surface area contributed by atoms with E-state index in [2.05, 4.69) is 43.9 Å². The third kappa shape index (κ3) is 4.98. The van der Waals surface area contributed by atoms with Crippen molar-refractivity contribution in [3.8, 4) is 5.75 Å². The van der Waals surface area contributed by atoms with Crippen LogP contribution in [0.2, 0.25) is 0 Å². The van der Waals surface area contributed by atoms with Crippen molar-refractivity contribution in [1.82, 2.24) is 14.9 Å². The van der Waals surface area contributed by atoms with Crippen molar-refractivity contribution in [2.75, 3.05) is 13.2 Å². The van der Waals surface area contributed by atoms with Crippen LogP contribution in [0.15, 0.2) is 41.3 Å². The quantitative estimate of drug-likeness (QED) is 0.751. The zero-order chi connectivity index (χ0) is 14.2. The Morgan fingerprint density at radius 1 is 1.40 bits per heavy atom. The minimum absolute atomic E-state index is 0.634. The predicted octanol–water partition coefficient (Wildman–Crippen LogP) is 3.22. The SMILES string of the molecule is CCCNCc1cn(CCOc2cccc(Br)c2)cn1. The van der Waals surface area contributed by atoms with Crippen LogP contribution < -0.4 is 10.1 Å². The van der Waals surface area contributed by atoms with E-state index < -0.39 is 0 Å². The molecule has 0 aliphatic rings. The Morgan fingerprint density at radius 3 is 3.10 bits per heavy atom. The minimum atomic E-state index is 0.634. The lowest BCUT2D eigenvalue weighted by Gasteiger charge is -2.06. The van der Waals surface area contributed by atoms with Gasteiger partial charge in [-0.1, -0.05) is 28.9 Å². The number of hydrogen-bond acceptors (Lipinski definition) is 3. The van der Waals surface area contributed by atoms with Gasteiger partial charge in [0.15, 0.2) is 0 Å². The number of hydrogen-bond donors (Lipinski definition) is 1. The Kier molecular flexibility index (Phi) is 6.08. The number of rotatable bonds is 8. The number of nitrogens with one attached hydrogen (secondary N) is 1. The molecule has 0 spiro atoms. The van der Waals surface area contributed by atoms with Crippen LogP contribution in [-0.2, 0) is 13.1 Å². The molecule has 0 aliphatic carbocycles. The summed E-state index contributed by atoms with van der Waals surface area (Å²) in [4.78, 5) is 4.37. The van der Waals surface area contributed by atoms with Crippen LogP contribution in [0.1, 0.15) is 19.0 Å². The molecule has 1 heterocycles. The van der Waals surface area contributed by atoms with Crippen LogP contribution in [0.3, 0.4) is 0 Å². The van der Waals surface area contributed by atoms with Gasteiger partial charge in [-0.3, -0.25) is 0 Å². The van der Waals surface area contributed by atoms with Crippen LogP contribution in [0.5, 0.6) is 5.75 Å². The monoisotopic (exact) mass is 337 g/mol. The number of ether oxygens (including phenoxy) is 1. The Morgan fingerprint density at radius 2 is 2.30 bits per heavy atom. The summed E-state index contributed by atoms with van der Waals surface area (Å²) in [6.07, 6.45) is 5.06. The van der Waals surface area contributed by atoms with Crippen LogP contribution in [-0.4, -0.2) is 22.7 Å². The summed E-state index contributed by atoms with van der Waals surface area (Å²) in [5.74, 6) is 0.879. The molecule has 0 fully saturated rings. The molecule has 1 aromatic carbocycles. The van der Waals surface area contributed by atoms with E-state index in [4.69, 9.17) is 4.74 Å². The fourth-order valence-corrected chi connectivity index (χ4v) is 2.22. The van der Waals surface area contributed by atoms with E-state index in [0.717, 1.165) is 42.0 Å². The topological polar surface area (TPSA) is 39.1 Å². The molecule has 0 aliphatic heterocycles. The average molecular weight is 338 g/mol. The highest BCUT2D eigenvalue weighted by molar-refractivity contribution is 9.10. The predicted molar refractivity (Wildman–Crippen MR) is 83.9 cm³/mol. The molecule has 0 saturated carbocycles. The number of nitrogens with zero attached hydrogens (tertiary/aromatic N) is 2. The first-order valence-corrected chi connectivity index (χ1v) is 7.67. The van der Waals surface area contributed by atoms with E-state index in [-0.39, 0.29) is 0 Å². The van der Waals surface area contributed by atoms with Gasteiger partial charge in [0.05, 0.1) is 18.6 Å². The Hall–Kier alpha value is -1.33. The van der Waals surface area contributed by atoms with Gasteiger partial charge in [-0.05, 0) is 31.2 Å². The van der Waals surface area contributed by atoms with Crippen molar-refractivity contribution in [2.24, 2.45) is 0 Å². The summed E-state index contributed by atoms with van der Waals surface area (Å²) in [7, 11) is 0. The summed E-state index contributed by atoms with van der Waals surface area (Å²) in [5, 5.41) is 3.34. The van der Waals surface area contributed by atoms with Crippen LogP contribution in [0, 0.1) is 0 Å². The number of halogens is 1. The Bertz CT molecular complexity index is 527. The first kappa shape index (κ1) is 15.1. The van der Waals surface area contributed by atoms with E-state index in [1.54, 1.807) is 0 Å². The average Bonchev–Trinajstić information content (AvgIpc) is 2.87. The molecule has 2 rings (SSSR count). The lowest BCUT2D eigenvalue weighted by Crippen LogP contribution is -2.14. The van der Waals surface area contributed by atoms with Crippen LogP contribution >= 0.6 is 15.9 Å². The van der Waals surface area contributed by atoms with Gasteiger partial charge in [0.1, 0.15) is 12.4 Å². The molecule has 0 atom stereocenters. The largest absolute Gasteiger partial charge is 0.492 e. The molecule has 0 radical (unpaired) electrons. The first-order valence-electron chi connectivity index (χ1n) is 6.87. The second kappa shape index (κ2) is 8.07. The van der Waals surface area contributed by atoms with Gasteiger partial charge in [-0.25, -0.2) is 4.98 Å². The van der Waals surface area contributed by atoms with Crippen molar-refractivity contribution in [3.05, 3.63) is 47.0 Å². The highest BCUT2D eigenvalue weighted by Crippen LogP contribution is 2.17. The number of aromatic nitrogens is 2. The van der Waals surface area contributed by atoms with Crippen molar-refractivity contribution in [3.63, 3.8) is 0 Å². The molecule has 0 amide bonds. The summed E-state index contributed by atoms with van der Waals surface area (Å²) in [6.45, 7) is 5.44. The maximum absolute atomic E-state index is 5.70. The maximum Gasteiger partial charge on any atom is 0.120 e. The molecule has 4 nitrogen and oxygen atoms in total. The molecule has 108 valence electrons. The van der Waals surface area contributed by atoms with E-state index in [1.165, 1.54) is 0 Å². The standard InChI is InChI=1S/C15H20BrN3O/c1-2-6-17-10-14-11-19(12-18-14)7-8-20-15-5-3-4-13(16)9-15/h3-5,9,11-12,17H,2,6-8,10H2,1H3. The van der Waals surface area contributed by atoms with E-state index in [1.807, 2.05) is 30.6 Å². The van der Waals surface area contributed by atoms with Gasteiger partial charge in [0.2, 0.25) is 0 Å². The van der Waals surface area contributed by atoms with Crippen molar-refractivity contribution >= 4 is 15.9 Å². The van der Waals surface area contributed by atoms with Gasteiger partial charge in [-0.2, -0.15) is 0 Å². The zero-order valence-electron chi connectivity index (χ0n) is 11.7. The second-order valence-electron chi connectivity index (χ2n) is 4.59. The zero-order valence-corrected chi connectivity index (χ0v) is 13.3. The van der Waals surface area contributed by atoms with Gasteiger partial charge in [0.25, 0.3) is 0 Å². The molecule has 0 bridgehead atoms. The lowest BCUT2D eigenvalue weighted by atomic mass is 10.3. The lowest BCUT2D eigenvalue weighted by molar-refractivity contribution is 0.298. The van der Waals surface area contributed by atoms with E-state index in [9.17, 15) is 0 Å². The van der Waals surface area contributed by atoms with Crippen molar-refractivity contribution in [2.45, 2.75) is 26.4 Å². The highest BCUT2D eigenvalue weighted by atomic mass is 79.9. The molecule has 5 heteroatoms. The molecule has 20 heavy (non-hydrogen) atoms. The van der Waals surface area contributed by atoms with E-state index >= 15 is 0 Å². The first-order chi connectivity index (χ1) is 9.78. The number of imidazole rings is 1. The molecular weight excluding hydrogens is 318 g/mol. The van der Waals surface area contributed by atoms with E-state index in [0.29, 0.717) is 6.61 Å². The fourth-order valence-electron chi connectivity index (χ4n) is 1.84. The van der Waals surface area contributed by atoms with Crippen LogP contribution in [0.4, 0.5) is 0 Å². The summed E-state index contributed by atoms with van der Waals surface area (Å²) in [5.41, 5.74) is 1.07. The highest BCUT2D eigenvalue weighted by Gasteiger charge is 1.99. The molecular formula is C15H20BrN3O. The van der Waals surface area contributed by atoms with Gasteiger partial charge in [-0.15, -0.1) is 0 Å². The van der Waals surface area contributed by atoms with Crippen molar-refractivity contribution < 1.29 is 4.74 Å². The molecule has 1 N–H and O–H groups in total. The normalized spacial score (nSPS) is 10.7. The van der Waals surface area contributed by atoms with Gasteiger partial charge >= 0.3 is 0 Å².